The van der Waals surface area contributed by atoms with Gasteiger partial charge in [0.25, 0.3) is 0 Å². The summed E-state index contributed by atoms with van der Waals surface area (Å²) in [5, 5.41) is 2.87. The monoisotopic (exact) mass is 567 g/mol. The molecule has 2 aromatic rings. The van der Waals surface area contributed by atoms with Crippen LogP contribution in [0.5, 0.6) is 0 Å². The molecule has 1 saturated heterocycles. The van der Waals surface area contributed by atoms with Crippen molar-refractivity contribution in [1.29, 1.82) is 0 Å². The van der Waals surface area contributed by atoms with Gasteiger partial charge in [0.05, 0.1) is 24.3 Å². The van der Waals surface area contributed by atoms with Crippen LogP contribution in [0.15, 0.2) is 47.4 Å². The minimum absolute atomic E-state index is 0.153. The molecule has 0 aliphatic carbocycles. The van der Waals surface area contributed by atoms with Crippen molar-refractivity contribution >= 4 is 17.9 Å². The Labute approximate surface area is 234 Å². The Bertz CT molecular complexity index is 1120. The summed E-state index contributed by atoms with van der Waals surface area (Å²) in [6.45, 7) is 11.2. The van der Waals surface area contributed by atoms with Crippen molar-refractivity contribution in [3.8, 4) is 0 Å². The van der Waals surface area contributed by atoms with Gasteiger partial charge in [-0.3, -0.25) is 0 Å². The summed E-state index contributed by atoms with van der Waals surface area (Å²) in [6, 6.07) is 12.7. The van der Waals surface area contributed by atoms with Crippen LogP contribution in [0.4, 0.5) is 18.0 Å². The van der Waals surface area contributed by atoms with Gasteiger partial charge in [-0.25, -0.2) is 4.79 Å². The normalized spacial score (nSPS) is 17.1. The molecule has 5 nitrogen and oxygen atoms in total. The van der Waals surface area contributed by atoms with E-state index in [1.165, 1.54) is 29.0 Å². The highest BCUT2D eigenvalue weighted by Crippen LogP contribution is 2.38. The van der Waals surface area contributed by atoms with Gasteiger partial charge in [0, 0.05) is 4.90 Å². The highest BCUT2D eigenvalue weighted by Gasteiger charge is 2.42. The molecule has 0 unspecified atom stereocenters. The van der Waals surface area contributed by atoms with Gasteiger partial charge in [0.1, 0.15) is 5.60 Å². The summed E-state index contributed by atoms with van der Waals surface area (Å²) in [5.74, 6) is -0.232. The standard InChI is InChI=1S/C30H40F3NO4S/c1-21-9-7-10-22(17-21)11-8-16-39-25-13-12-23(18-24(25)30(31,32)33)14-15-29(19-36-28(5,6)37-20-29)34-26(35)38-27(2,3)4/h7,9-10,12-13,17-18H,8,11,14-16,19-20H2,1-6H3,(H,34,35). The van der Waals surface area contributed by atoms with E-state index in [1.54, 1.807) is 46.8 Å². The number of aryl methyl sites for hydroxylation is 3. The number of nitrogens with one attached hydrogen (secondary N) is 1. The Balaban J connectivity index is 1.68. The average molecular weight is 568 g/mol. The molecule has 0 spiro atoms. The first kappa shape index (κ1) is 31.3. The zero-order valence-electron chi connectivity index (χ0n) is 23.7. The lowest BCUT2D eigenvalue weighted by Crippen LogP contribution is -2.61. The molecule has 39 heavy (non-hydrogen) atoms. The molecule has 1 aliphatic heterocycles. The van der Waals surface area contributed by atoms with Crippen molar-refractivity contribution in [3.63, 3.8) is 0 Å². The Morgan fingerprint density at radius 2 is 1.69 bits per heavy atom. The first-order valence-electron chi connectivity index (χ1n) is 13.2. The molecule has 0 bridgehead atoms. The first-order valence-corrected chi connectivity index (χ1v) is 14.2. The summed E-state index contributed by atoms with van der Waals surface area (Å²) in [6.07, 6.45) is -2.87. The second-order valence-corrected chi connectivity index (χ2v) is 12.8. The molecule has 1 aliphatic rings. The molecule has 216 valence electrons. The van der Waals surface area contributed by atoms with Crippen LogP contribution in [0.1, 0.15) is 69.7 Å². The molecule has 1 N–H and O–H groups in total. The Hall–Kier alpha value is -2.23. The van der Waals surface area contributed by atoms with Crippen molar-refractivity contribution in [3.05, 3.63) is 64.7 Å². The van der Waals surface area contributed by atoms with Crippen LogP contribution >= 0.6 is 11.8 Å². The quantitative estimate of drug-likeness (QED) is 0.248. The number of hydrogen-bond donors (Lipinski definition) is 1. The van der Waals surface area contributed by atoms with Crippen LogP contribution in [-0.4, -0.2) is 42.0 Å². The van der Waals surface area contributed by atoms with Crippen molar-refractivity contribution in [1.82, 2.24) is 5.32 Å². The largest absolute Gasteiger partial charge is 0.444 e. The fourth-order valence-electron chi connectivity index (χ4n) is 4.30. The SMILES string of the molecule is Cc1cccc(CCCSc2ccc(CCC3(NC(=O)OC(C)(C)C)COC(C)(C)OC3)cc2C(F)(F)F)c1. The van der Waals surface area contributed by atoms with E-state index in [9.17, 15) is 18.0 Å². The van der Waals surface area contributed by atoms with E-state index in [0.717, 1.165) is 12.8 Å². The average Bonchev–Trinajstić information content (AvgIpc) is 2.81. The molecule has 0 radical (unpaired) electrons. The number of ether oxygens (including phenoxy) is 3. The third-order valence-corrected chi connectivity index (χ3v) is 7.51. The lowest BCUT2D eigenvalue weighted by atomic mass is 9.91. The van der Waals surface area contributed by atoms with E-state index < -0.39 is 34.8 Å². The zero-order valence-corrected chi connectivity index (χ0v) is 24.5. The molecule has 0 aromatic heterocycles. The number of rotatable bonds is 9. The number of halogens is 3. The highest BCUT2D eigenvalue weighted by atomic mass is 32.2. The van der Waals surface area contributed by atoms with E-state index in [2.05, 4.69) is 11.4 Å². The number of alkyl carbamates (subject to hydrolysis) is 1. The van der Waals surface area contributed by atoms with Gasteiger partial charge in [-0.05, 0) is 96.2 Å². The van der Waals surface area contributed by atoms with Gasteiger partial charge in [-0.2, -0.15) is 13.2 Å². The van der Waals surface area contributed by atoms with Gasteiger partial charge < -0.3 is 19.5 Å². The van der Waals surface area contributed by atoms with Gasteiger partial charge in [0.2, 0.25) is 0 Å². The highest BCUT2D eigenvalue weighted by molar-refractivity contribution is 7.99. The first-order chi connectivity index (χ1) is 18.1. The fourth-order valence-corrected chi connectivity index (χ4v) is 5.30. The predicted octanol–water partition coefficient (Wildman–Crippen LogP) is 7.72. The van der Waals surface area contributed by atoms with Crippen LogP contribution < -0.4 is 5.32 Å². The maximum absolute atomic E-state index is 14.0. The number of hydrogen-bond acceptors (Lipinski definition) is 5. The fraction of sp³-hybridized carbons (Fsp3) is 0.567. The topological polar surface area (TPSA) is 56.8 Å². The van der Waals surface area contributed by atoms with Crippen molar-refractivity contribution in [2.45, 2.75) is 95.2 Å². The zero-order chi connectivity index (χ0) is 28.9. The second kappa shape index (κ2) is 12.5. The van der Waals surface area contributed by atoms with E-state index in [0.29, 0.717) is 24.2 Å². The summed E-state index contributed by atoms with van der Waals surface area (Å²) in [7, 11) is 0. The third-order valence-electron chi connectivity index (χ3n) is 6.35. The minimum atomic E-state index is -4.47. The Morgan fingerprint density at radius 1 is 1.03 bits per heavy atom. The second-order valence-electron chi connectivity index (χ2n) is 11.7. The lowest BCUT2D eigenvalue weighted by molar-refractivity contribution is -0.271. The van der Waals surface area contributed by atoms with Gasteiger partial charge >= 0.3 is 12.3 Å². The van der Waals surface area contributed by atoms with Crippen LogP contribution in [0.25, 0.3) is 0 Å². The van der Waals surface area contributed by atoms with Crippen LogP contribution in [-0.2, 0) is 33.2 Å². The maximum atomic E-state index is 14.0. The van der Waals surface area contributed by atoms with E-state index in [1.807, 2.05) is 25.1 Å². The third kappa shape index (κ3) is 10.0. The molecule has 0 saturated carbocycles. The van der Waals surface area contributed by atoms with Crippen molar-refractivity contribution < 1.29 is 32.2 Å². The van der Waals surface area contributed by atoms with Gasteiger partial charge in [0.15, 0.2) is 5.79 Å². The number of amides is 1. The Morgan fingerprint density at radius 3 is 2.31 bits per heavy atom. The predicted molar refractivity (Wildman–Crippen MR) is 148 cm³/mol. The lowest BCUT2D eigenvalue weighted by Gasteiger charge is -2.44. The Kier molecular flexibility index (Phi) is 10.0. The van der Waals surface area contributed by atoms with Crippen LogP contribution in [0.3, 0.4) is 0 Å². The molecular weight excluding hydrogens is 527 g/mol. The molecule has 0 atom stereocenters. The minimum Gasteiger partial charge on any atom is -0.444 e. The molecule has 2 aromatic carbocycles. The van der Waals surface area contributed by atoms with Crippen molar-refractivity contribution in [2.75, 3.05) is 19.0 Å². The van der Waals surface area contributed by atoms with Gasteiger partial charge in [-0.1, -0.05) is 35.9 Å². The summed E-state index contributed by atoms with van der Waals surface area (Å²) in [4.78, 5) is 12.8. The van der Waals surface area contributed by atoms with Crippen LogP contribution in [0.2, 0.25) is 0 Å². The molecule has 3 rings (SSSR count). The van der Waals surface area contributed by atoms with Crippen molar-refractivity contribution in [2.24, 2.45) is 0 Å². The summed E-state index contributed by atoms with van der Waals surface area (Å²) < 4.78 is 59.1. The maximum Gasteiger partial charge on any atom is 0.417 e. The molecule has 9 heteroatoms. The number of carbonyl (C=O) groups is 1. The number of thioether (sulfide) groups is 1. The van der Waals surface area contributed by atoms with E-state index >= 15 is 0 Å². The number of alkyl halides is 3. The van der Waals surface area contributed by atoms with E-state index in [4.69, 9.17) is 14.2 Å². The summed E-state index contributed by atoms with van der Waals surface area (Å²) in [5.41, 5.74) is 0.632. The molecule has 1 heterocycles. The summed E-state index contributed by atoms with van der Waals surface area (Å²) >= 11 is 1.23. The molecule has 1 amide bonds. The smallest absolute Gasteiger partial charge is 0.417 e. The van der Waals surface area contributed by atoms with E-state index in [-0.39, 0.29) is 18.1 Å². The van der Waals surface area contributed by atoms with Gasteiger partial charge in [-0.15, -0.1) is 11.8 Å². The number of carbonyl (C=O) groups excluding carboxylic acids is 1. The number of benzene rings is 2. The van der Waals surface area contributed by atoms with Crippen LogP contribution in [0, 0.1) is 6.92 Å². The molecule has 1 fully saturated rings. The molecular formula is C30H40F3NO4S.